The molecule has 2 amide bonds. The van der Waals surface area contributed by atoms with Crippen molar-refractivity contribution in [3.05, 3.63) is 47.5 Å². The summed E-state index contributed by atoms with van der Waals surface area (Å²) in [4.78, 5) is 24.6. The number of carbonyl (C=O) groups is 2. The van der Waals surface area contributed by atoms with Gasteiger partial charge in [-0.3, -0.25) is 4.79 Å². The highest BCUT2D eigenvalue weighted by molar-refractivity contribution is 5.76. The Morgan fingerprint density at radius 1 is 1.33 bits per heavy atom. The van der Waals surface area contributed by atoms with Crippen LogP contribution in [0, 0.1) is 12.8 Å². The van der Waals surface area contributed by atoms with Crippen molar-refractivity contribution in [3.63, 3.8) is 0 Å². The van der Waals surface area contributed by atoms with Gasteiger partial charge in [0.05, 0.1) is 12.0 Å². The van der Waals surface area contributed by atoms with Gasteiger partial charge in [0.15, 0.2) is 0 Å². The lowest BCUT2D eigenvalue weighted by atomic mass is 10.1. The fourth-order valence-electron chi connectivity index (χ4n) is 2.37. The van der Waals surface area contributed by atoms with Crippen LogP contribution in [-0.2, 0) is 11.3 Å². The summed E-state index contributed by atoms with van der Waals surface area (Å²) in [5.41, 5.74) is 2.24. The van der Waals surface area contributed by atoms with E-state index in [1.807, 2.05) is 31.2 Å². The molecule has 0 saturated heterocycles. The van der Waals surface area contributed by atoms with Crippen molar-refractivity contribution in [1.82, 2.24) is 10.2 Å². The van der Waals surface area contributed by atoms with Gasteiger partial charge in [-0.05, 0) is 24.5 Å². The second-order valence-corrected chi connectivity index (χ2v) is 5.40. The first-order chi connectivity index (χ1) is 9.97. The fraction of sp³-hybridized carbons (Fsp3) is 0.375. The summed E-state index contributed by atoms with van der Waals surface area (Å²) in [6.45, 7) is 2.54. The molecule has 21 heavy (non-hydrogen) atoms. The van der Waals surface area contributed by atoms with E-state index in [1.54, 1.807) is 24.1 Å². The zero-order valence-corrected chi connectivity index (χ0v) is 12.2. The number of carboxylic acid groups (broad SMARTS) is 1. The van der Waals surface area contributed by atoms with Gasteiger partial charge in [0.2, 0.25) is 0 Å². The van der Waals surface area contributed by atoms with Crippen molar-refractivity contribution in [2.24, 2.45) is 5.92 Å². The van der Waals surface area contributed by atoms with Gasteiger partial charge in [-0.1, -0.05) is 36.4 Å². The summed E-state index contributed by atoms with van der Waals surface area (Å²) in [5.74, 6) is -1.35. The monoisotopic (exact) mass is 288 g/mol. The average Bonchev–Trinajstić information content (AvgIpc) is 2.90. The SMILES string of the molecule is Cc1ccccc1CN(C)C(=O)NC1C=CC(C(=O)O)C1. The number of amides is 2. The van der Waals surface area contributed by atoms with Crippen LogP contribution >= 0.6 is 0 Å². The molecule has 0 heterocycles. The lowest BCUT2D eigenvalue weighted by molar-refractivity contribution is -0.140. The van der Waals surface area contributed by atoms with Crippen LogP contribution in [-0.4, -0.2) is 35.1 Å². The lowest BCUT2D eigenvalue weighted by Gasteiger charge is -2.21. The molecule has 0 spiro atoms. The van der Waals surface area contributed by atoms with Crippen molar-refractivity contribution in [2.75, 3.05) is 7.05 Å². The number of nitrogens with zero attached hydrogens (tertiary/aromatic N) is 1. The van der Waals surface area contributed by atoms with E-state index >= 15 is 0 Å². The molecule has 5 nitrogen and oxygen atoms in total. The third-order valence-corrected chi connectivity index (χ3v) is 3.73. The first-order valence-corrected chi connectivity index (χ1v) is 6.94. The molecule has 0 aliphatic heterocycles. The summed E-state index contributed by atoms with van der Waals surface area (Å²) < 4.78 is 0. The number of carboxylic acids is 1. The maximum Gasteiger partial charge on any atom is 0.317 e. The van der Waals surface area contributed by atoms with Crippen LogP contribution in [0.25, 0.3) is 0 Å². The molecule has 1 aliphatic rings. The van der Waals surface area contributed by atoms with Crippen LogP contribution in [0.4, 0.5) is 4.79 Å². The third-order valence-electron chi connectivity index (χ3n) is 3.73. The normalized spacial score (nSPS) is 20.3. The number of aliphatic carboxylic acids is 1. The Labute approximate surface area is 124 Å². The Balaban J connectivity index is 1.88. The van der Waals surface area contributed by atoms with Gasteiger partial charge >= 0.3 is 12.0 Å². The Morgan fingerprint density at radius 2 is 2.05 bits per heavy atom. The maximum atomic E-state index is 12.1. The number of hydrogen-bond acceptors (Lipinski definition) is 2. The third kappa shape index (κ3) is 3.84. The summed E-state index contributed by atoms with van der Waals surface area (Å²) in [6.07, 6.45) is 3.80. The minimum atomic E-state index is -0.851. The highest BCUT2D eigenvalue weighted by Gasteiger charge is 2.26. The molecule has 2 unspecified atom stereocenters. The number of rotatable bonds is 4. The van der Waals surface area contributed by atoms with Gasteiger partial charge < -0.3 is 15.3 Å². The quantitative estimate of drug-likeness (QED) is 0.834. The Morgan fingerprint density at radius 3 is 2.67 bits per heavy atom. The van der Waals surface area contributed by atoms with Gasteiger partial charge in [-0.15, -0.1) is 0 Å². The van der Waals surface area contributed by atoms with Crippen molar-refractivity contribution >= 4 is 12.0 Å². The molecule has 5 heteroatoms. The molecule has 0 radical (unpaired) electrons. The van der Waals surface area contributed by atoms with E-state index in [-0.39, 0.29) is 12.1 Å². The van der Waals surface area contributed by atoms with Crippen LogP contribution < -0.4 is 5.32 Å². The van der Waals surface area contributed by atoms with Gasteiger partial charge in [-0.2, -0.15) is 0 Å². The zero-order chi connectivity index (χ0) is 15.4. The van der Waals surface area contributed by atoms with Crippen molar-refractivity contribution in [3.8, 4) is 0 Å². The van der Waals surface area contributed by atoms with Crippen LogP contribution in [0.1, 0.15) is 17.5 Å². The summed E-state index contributed by atoms with van der Waals surface area (Å²) >= 11 is 0. The molecular formula is C16H20N2O3. The average molecular weight is 288 g/mol. The second kappa shape index (κ2) is 6.43. The molecule has 2 rings (SSSR count). The van der Waals surface area contributed by atoms with Gasteiger partial charge in [0, 0.05) is 13.6 Å². The van der Waals surface area contributed by atoms with Crippen molar-refractivity contribution in [1.29, 1.82) is 0 Å². The summed E-state index contributed by atoms with van der Waals surface area (Å²) in [6, 6.07) is 7.52. The van der Waals surface area contributed by atoms with Crippen molar-refractivity contribution < 1.29 is 14.7 Å². The standard InChI is InChI=1S/C16H20N2O3/c1-11-5-3-4-6-13(11)10-18(2)16(21)17-14-8-7-12(9-14)15(19)20/h3-8,12,14H,9-10H2,1-2H3,(H,17,21)(H,19,20). The molecule has 1 aliphatic carbocycles. The molecular weight excluding hydrogens is 268 g/mol. The van der Waals surface area contributed by atoms with E-state index in [1.165, 1.54) is 0 Å². The fourth-order valence-corrected chi connectivity index (χ4v) is 2.37. The number of aryl methyl sites for hydroxylation is 1. The molecule has 2 atom stereocenters. The molecule has 0 bridgehead atoms. The summed E-state index contributed by atoms with van der Waals surface area (Å²) in [5, 5.41) is 11.8. The Bertz CT molecular complexity index is 568. The minimum absolute atomic E-state index is 0.195. The smallest absolute Gasteiger partial charge is 0.317 e. The Kier molecular flexibility index (Phi) is 4.62. The van der Waals surface area contributed by atoms with Crippen molar-refractivity contribution in [2.45, 2.75) is 25.9 Å². The highest BCUT2D eigenvalue weighted by atomic mass is 16.4. The van der Waals surface area contributed by atoms with Crippen LogP contribution in [0.2, 0.25) is 0 Å². The van der Waals surface area contributed by atoms with Gasteiger partial charge in [-0.25, -0.2) is 4.79 Å². The topological polar surface area (TPSA) is 69.6 Å². The molecule has 2 N–H and O–H groups in total. The first-order valence-electron chi connectivity index (χ1n) is 6.94. The van der Waals surface area contributed by atoms with E-state index in [2.05, 4.69) is 5.32 Å². The predicted octanol–water partition coefficient (Wildman–Crippen LogP) is 2.17. The molecule has 1 aromatic carbocycles. The zero-order valence-electron chi connectivity index (χ0n) is 12.2. The number of carbonyl (C=O) groups excluding carboxylic acids is 1. The molecule has 0 aromatic heterocycles. The van der Waals surface area contributed by atoms with E-state index in [4.69, 9.17) is 5.11 Å². The van der Waals surface area contributed by atoms with E-state index < -0.39 is 11.9 Å². The predicted molar refractivity (Wildman–Crippen MR) is 79.8 cm³/mol. The second-order valence-electron chi connectivity index (χ2n) is 5.40. The van der Waals surface area contributed by atoms with Crippen LogP contribution in [0.15, 0.2) is 36.4 Å². The molecule has 0 saturated carbocycles. The van der Waals surface area contributed by atoms with E-state index in [0.717, 1.165) is 11.1 Å². The highest BCUT2D eigenvalue weighted by Crippen LogP contribution is 2.18. The first kappa shape index (κ1) is 15.1. The van der Waals surface area contributed by atoms with Gasteiger partial charge in [0.25, 0.3) is 0 Å². The number of benzene rings is 1. The maximum absolute atomic E-state index is 12.1. The lowest BCUT2D eigenvalue weighted by Crippen LogP contribution is -2.41. The molecule has 112 valence electrons. The molecule has 0 fully saturated rings. The summed E-state index contributed by atoms with van der Waals surface area (Å²) in [7, 11) is 1.73. The Hall–Kier alpha value is -2.30. The minimum Gasteiger partial charge on any atom is -0.481 e. The van der Waals surface area contributed by atoms with Gasteiger partial charge in [0.1, 0.15) is 0 Å². The van der Waals surface area contributed by atoms with E-state index in [0.29, 0.717) is 13.0 Å². The molecule has 1 aromatic rings. The van der Waals surface area contributed by atoms with Crippen LogP contribution in [0.3, 0.4) is 0 Å². The van der Waals surface area contributed by atoms with E-state index in [9.17, 15) is 9.59 Å². The van der Waals surface area contributed by atoms with Crippen LogP contribution in [0.5, 0.6) is 0 Å². The largest absolute Gasteiger partial charge is 0.481 e. The number of hydrogen-bond donors (Lipinski definition) is 2. The number of nitrogens with one attached hydrogen (secondary N) is 1. The number of urea groups is 1.